The van der Waals surface area contributed by atoms with Crippen molar-refractivity contribution >= 4 is 27.6 Å². The maximum Gasteiger partial charge on any atom is 0.347 e. The molecule has 0 unspecified atom stereocenters. The van der Waals surface area contributed by atoms with E-state index < -0.39 is 28.0 Å². The van der Waals surface area contributed by atoms with Crippen LogP contribution in [-0.4, -0.2) is 21.6 Å². The van der Waals surface area contributed by atoms with Crippen molar-refractivity contribution in [2.45, 2.75) is 19.4 Å². The lowest BCUT2D eigenvalue weighted by molar-refractivity contribution is -0.385. The van der Waals surface area contributed by atoms with E-state index in [4.69, 9.17) is 9.84 Å². The largest absolute Gasteiger partial charge is 0.478 e. The van der Waals surface area contributed by atoms with Crippen LogP contribution in [0.3, 0.4) is 0 Å². The van der Waals surface area contributed by atoms with Gasteiger partial charge in [-0.2, -0.15) is 0 Å². The highest BCUT2D eigenvalue weighted by Crippen LogP contribution is 2.34. The summed E-state index contributed by atoms with van der Waals surface area (Å²) in [4.78, 5) is 20.6. The monoisotopic (exact) mass is 321 g/mol. The fourth-order valence-corrected chi connectivity index (χ4v) is 1.36. The number of ether oxygens (including phenoxy) is 1. The zero-order valence-corrected chi connectivity index (χ0v) is 11.0. The van der Waals surface area contributed by atoms with Crippen LogP contribution in [0.15, 0.2) is 16.6 Å². The second-order valence-electron chi connectivity index (χ2n) is 3.91. The summed E-state index contributed by atoms with van der Waals surface area (Å²) in [5, 5.41) is 19.4. The molecular formula is C10H9BrFNO5. The smallest absolute Gasteiger partial charge is 0.347 e. The molecule has 98 valence electrons. The van der Waals surface area contributed by atoms with E-state index in [1.54, 1.807) is 0 Å². The fourth-order valence-electron chi connectivity index (χ4n) is 1.05. The third-order valence-corrected chi connectivity index (χ3v) is 2.84. The third-order valence-electron chi connectivity index (χ3n) is 2.07. The number of nitro groups is 1. The second-order valence-corrected chi connectivity index (χ2v) is 4.71. The number of nitro benzene ring substituents is 1. The molecule has 0 radical (unpaired) electrons. The number of hydrogen-bond donors (Lipinski definition) is 1. The summed E-state index contributed by atoms with van der Waals surface area (Å²) >= 11 is 2.85. The summed E-state index contributed by atoms with van der Waals surface area (Å²) in [6.07, 6.45) is 0. The Morgan fingerprint density at radius 2 is 2.11 bits per heavy atom. The van der Waals surface area contributed by atoms with Gasteiger partial charge in [-0.3, -0.25) is 10.1 Å². The molecule has 6 nitrogen and oxygen atoms in total. The Kier molecular flexibility index (Phi) is 3.90. The van der Waals surface area contributed by atoms with Crippen LogP contribution >= 0.6 is 15.9 Å². The standard InChI is InChI=1S/C10H9BrFNO5/c1-10(2,9(14)15)18-7-4-5(13(16)17)3-6(12)8(7)11/h3-4H,1-2H3,(H,14,15). The first-order valence-electron chi connectivity index (χ1n) is 4.71. The molecule has 0 atom stereocenters. The van der Waals surface area contributed by atoms with Crippen molar-refractivity contribution in [1.82, 2.24) is 0 Å². The molecule has 1 rings (SSSR count). The summed E-state index contributed by atoms with van der Waals surface area (Å²) < 4.78 is 18.3. The van der Waals surface area contributed by atoms with Crippen molar-refractivity contribution in [2.24, 2.45) is 0 Å². The second kappa shape index (κ2) is 4.89. The van der Waals surface area contributed by atoms with Crippen molar-refractivity contribution < 1.29 is 24.0 Å². The van der Waals surface area contributed by atoms with Gasteiger partial charge in [-0.25, -0.2) is 9.18 Å². The molecule has 0 saturated carbocycles. The molecule has 0 amide bonds. The van der Waals surface area contributed by atoms with Crippen LogP contribution in [0, 0.1) is 15.9 Å². The van der Waals surface area contributed by atoms with Crippen LogP contribution in [0.5, 0.6) is 5.75 Å². The lowest BCUT2D eigenvalue weighted by atomic mass is 10.1. The maximum atomic E-state index is 13.4. The zero-order chi connectivity index (χ0) is 14.1. The molecule has 1 N–H and O–H groups in total. The SMILES string of the molecule is CC(C)(Oc1cc([N+](=O)[O-])cc(F)c1Br)C(=O)O. The molecule has 0 aromatic heterocycles. The molecule has 0 saturated heterocycles. The van der Waals surface area contributed by atoms with E-state index in [0.29, 0.717) is 6.07 Å². The number of carboxylic acid groups (broad SMARTS) is 1. The molecular weight excluding hydrogens is 313 g/mol. The Balaban J connectivity index is 3.24. The molecule has 0 fully saturated rings. The molecule has 1 aromatic rings. The molecule has 0 aliphatic rings. The number of carboxylic acids is 1. The van der Waals surface area contributed by atoms with E-state index in [0.717, 1.165) is 6.07 Å². The van der Waals surface area contributed by atoms with Gasteiger partial charge in [-0.05, 0) is 29.8 Å². The van der Waals surface area contributed by atoms with E-state index in [1.807, 2.05) is 0 Å². The van der Waals surface area contributed by atoms with Crippen molar-refractivity contribution in [3.8, 4) is 5.75 Å². The van der Waals surface area contributed by atoms with Crippen molar-refractivity contribution in [2.75, 3.05) is 0 Å². The normalized spacial score (nSPS) is 11.1. The molecule has 0 spiro atoms. The summed E-state index contributed by atoms with van der Waals surface area (Å²) in [6.45, 7) is 2.50. The lowest BCUT2D eigenvalue weighted by Gasteiger charge is -2.22. The van der Waals surface area contributed by atoms with Gasteiger partial charge in [0.05, 0.1) is 21.5 Å². The topological polar surface area (TPSA) is 89.7 Å². The van der Waals surface area contributed by atoms with Crippen LogP contribution in [0.2, 0.25) is 0 Å². The predicted molar refractivity (Wildman–Crippen MR) is 63.1 cm³/mol. The van der Waals surface area contributed by atoms with Gasteiger partial charge in [0.25, 0.3) is 5.69 Å². The van der Waals surface area contributed by atoms with E-state index in [9.17, 15) is 19.3 Å². The van der Waals surface area contributed by atoms with Crippen molar-refractivity contribution in [3.63, 3.8) is 0 Å². The van der Waals surface area contributed by atoms with Crippen LogP contribution in [0.1, 0.15) is 13.8 Å². The Labute approximate surface area is 110 Å². The van der Waals surface area contributed by atoms with Crippen LogP contribution in [0.4, 0.5) is 10.1 Å². The van der Waals surface area contributed by atoms with Gasteiger partial charge in [0.1, 0.15) is 11.6 Å². The van der Waals surface area contributed by atoms with Gasteiger partial charge in [-0.15, -0.1) is 0 Å². The Morgan fingerprint density at radius 1 is 1.56 bits per heavy atom. The van der Waals surface area contributed by atoms with Gasteiger partial charge < -0.3 is 9.84 Å². The van der Waals surface area contributed by atoms with Crippen molar-refractivity contribution in [3.05, 3.63) is 32.5 Å². The molecule has 0 aliphatic carbocycles. The Morgan fingerprint density at radius 3 is 2.56 bits per heavy atom. The zero-order valence-electron chi connectivity index (χ0n) is 9.44. The number of carbonyl (C=O) groups is 1. The number of aliphatic carboxylic acids is 1. The van der Waals surface area contributed by atoms with Crippen LogP contribution < -0.4 is 4.74 Å². The molecule has 1 aromatic carbocycles. The summed E-state index contributed by atoms with van der Waals surface area (Å²) in [7, 11) is 0. The van der Waals surface area contributed by atoms with Gasteiger partial charge in [-0.1, -0.05) is 0 Å². The van der Waals surface area contributed by atoms with Gasteiger partial charge in [0.15, 0.2) is 5.60 Å². The number of nitrogens with zero attached hydrogens (tertiary/aromatic N) is 1. The molecule has 0 bridgehead atoms. The average molecular weight is 322 g/mol. The van der Waals surface area contributed by atoms with E-state index in [1.165, 1.54) is 13.8 Å². The number of non-ortho nitro benzene ring substituents is 1. The van der Waals surface area contributed by atoms with Crippen LogP contribution in [-0.2, 0) is 4.79 Å². The molecule has 18 heavy (non-hydrogen) atoms. The number of rotatable bonds is 4. The summed E-state index contributed by atoms with van der Waals surface area (Å²) in [5.41, 5.74) is -2.16. The minimum Gasteiger partial charge on any atom is -0.478 e. The average Bonchev–Trinajstić information content (AvgIpc) is 2.23. The fraction of sp³-hybridized carbons (Fsp3) is 0.300. The third kappa shape index (κ3) is 2.95. The van der Waals surface area contributed by atoms with Crippen molar-refractivity contribution in [1.29, 1.82) is 0 Å². The summed E-state index contributed by atoms with van der Waals surface area (Å²) in [5.74, 6) is -2.42. The van der Waals surface area contributed by atoms with Gasteiger partial charge in [0.2, 0.25) is 0 Å². The van der Waals surface area contributed by atoms with Gasteiger partial charge >= 0.3 is 5.97 Å². The highest BCUT2D eigenvalue weighted by molar-refractivity contribution is 9.10. The first-order chi connectivity index (χ1) is 8.15. The van der Waals surface area contributed by atoms with E-state index in [-0.39, 0.29) is 10.2 Å². The number of halogens is 2. The number of benzene rings is 1. The molecule has 8 heteroatoms. The lowest BCUT2D eigenvalue weighted by Crippen LogP contribution is -2.38. The maximum absolute atomic E-state index is 13.4. The van der Waals surface area contributed by atoms with E-state index in [2.05, 4.69) is 15.9 Å². The van der Waals surface area contributed by atoms with Crippen LogP contribution in [0.25, 0.3) is 0 Å². The predicted octanol–water partition coefficient (Wildman–Crippen LogP) is 2.74. The molecule has 0 heterocycles. The number of hydrogen-bond acceptors (Lipinski definition) is 4. The van der Waals surface area contributed by atoms with E-state index >= 15 is 0 Å². The minimum atomic E-state index is -1.63. The molecule has 0 aliphatic heterocycles. The Hall–Kier alpha value is -1.70. The quantitative estimate of drug-likeness (QED) is 0.680. The first-order valence-corrected chi connectivity index (χ1v) is 5.50. The Bertz CT molecular complexity index is 517. The highest BCUT2D eigenvalue weighted by Gasteiger charge is 2.31. The summed E-state index contributed by atoms with van der Waals surface area (Å²) in [6, 6.07) is 1.67. The highest BCUT2D eigenvalue weighted by atomic mass is 79.9. The first kappa shape index (κ1) is 14.4. The minimum absolute atomic E-state index is 0.164. The van der Waals surface area contributed by atoms with Gasteiger partial charge in [0, 0.05) is 0 Å².